The Kier molecular flexibility index (Phi) is 5.56. The summed E-state index contributed by atoms with van der Waals surface area (Å²) in [6.45, 7) is 5.45. The summed E-state index contributed by atoms with van der Waals surface area (Å²) < 4.78 is 1.88. The Balaban J connectivity index is 1.30. The Labute approximate surface area is 132 Å². The van der Waals surface area contributed by atoms with E-state index in [2.05, 4.69) is 50.6 Å². The molecule has 0 saturated carbocycles. The summed E-state index contributed by atoms with van der Waals surface area (Å²) in [5, 5.41) is 7.76. The van der Waals surface area contributed by atoms with Gasteiger partial charge in [0.15, 0.2) is 0 Å². The third-order valence-corrected chi connectivity index (χ3v) is 4.39. The van der Waals surface area contributed by atoms with Crippen molar-refractivity contribution < 1.29 is 0 Å². The lowest BCUT2D eigenvalue weighted by Crippen LogP contribution is -2.43. The lowest BCUT2D eigenvalue weighted by atomic mass is 10.0. The van der Waals surface area contributed by atoms with Crippen molar-refractivity contribution in [2.75, 3.05) is 26.2 Å². The van der Waals surface area contributed by atoms with Gasteiger partial charge in [0.05, 0.1) is 6.54 Å². The van der Waals surface area contributed by atoms with Gasteiger partial charge in [0.1, 0.15) is 12.7 Å². The predicted molar refractivity (Wildman–Crippen MR) is 87.6 cm³/mol. The van der Waals surface area contributed by atoms with Crippen molar-refractivity contribution in [2.24, 2.45) is 0 Å². The molecule has 1 aliphatic rings. The molecule has 1 aromatic carbocycles. The number of hydrogen-bond donors (Lipinski definition) is 1. The van der Waals surface area contributed by atoms with Crippen LogP contribution in [-0.4, -0.2) is 51.9 Å². The van der Waals surface area contributed by atoms with E-state index >= 15 is 0 Å². The van der Waals surface area contributed by atoms with Crippen LogP contribution in [-0.2, 0) is 13.0 Å². The van der Waals surface area contributed by atoms with Crippen LogP contribution in [0.15, 0.2) is 43.0 Å². The molecule has 1 aliphatic heterocycles. The molecule has 1 aromatic heterocycles. The number of benzene rings is 1. The van der Waals surface area contributed by atoms with Gasteiger partial charge in [-0.25, -0.2) is 4.98 Å². The highest BCUT2D eigenvalue weighted by atomic mass is 15.3. The number of nitrogens with zero attached hydrogens (tertiary/aromatic N) is 4. The average Bonchev–Trinajstić information content (AvgIpc) is 3.08. The molecule has 2 heterocycles. The van der Waals surface area contributed by atoms with Crippen molar-refractivity contribution >= 4 is 0 Å². The molecular weight excluding hydrogens is 274 g/mol. The zero-order chi connectivity index (χ0) is 15.0. The quantitative estimate of drug-likeness (QED) is 0.843. The normalized spacial score (nSPS) is 16.9. The fourth-order valence-corrected chi connectivity index (χ4v) is 3.02. The number of aromatic nitrogens is 3. The van der Waals surface area contributed by atoms with Gasteiger partial charge in [-0.2, -0.15) is 5.10 Å². The fourth-order valence-electron chi connectivity index (χ4n) is 3.02. The number of likely N-dealkylation sites (tertiary alicyclic amines) is 1. The van der Waals surface area contributed by atoms with E-state index < -0.39 is 0 Å². The first-order valence-electron chi connectivity index (χ1n) is 8.22. The van der Waals surface area contributed by atoms with E-state index in [1.807, 2.05) is 4.68 Å². The molecule has 0 amide bonds. The minimum Gasteiger partial charge on any atom is -0.312 e. The highest BCUT2D eigenvalue weighted by molar-refractivity contribution is 5.14. The van der Waals surface area contributed by atoms with Gasteiger partial charge in [-0.15, -0.1) is 0 Å². The van der Waals surface area contributed by atoms with Crippen LogP contribution in [0.3, 0.4) is 0 Å². The molecule has 0 aliphatic carbocycles. The summed E-state index contributed by atoms with van der Waals surface area (Å²) in [6.07, 6.45) is 7.00. The van der Waals surface area contributed by atoms with Crippen LogP contribution in [0.2, 0.25) is 0 Å². The highest BCUT2D eigenvalue weighted by Gasteiger charge is 2.18. The molecule has 1 fully saturated rings. The van der Waals surface area contributed by atoms with Gasteiger partial charge in [0, 0.05) is 19.1 Å². The van der Waals surface area contributed by atoms with Crippen LogP contribution >= 0.6 is 0 Å². The lowest BCUT2D eigenvalue weighted by Gasteiger charge is -2.32. The first-order valence-corrected chi connectivity index (χ1v) is 8.22. The molecule has 1 N–H and O–H groups in total. The maximum Gasteiger partial charge on any atom is 0.137 e. The largest absolute Gasteiger partial charge is 0.312 e. The van der Waals surface area contributed by atoms with Crippen LogP contribution in [0.25, 0.3) is 0 Å². The highest BCUT2D eigenvalue weighted by Crippen LogP contribution is 2.11. The van der Waals surface area contributed by atoms with Gasteiger partial charge < -0.3 is 10.2 Å². The van der Waals surface area contributed by atoms with Crippen molar-refractivity contribution in [1.82, 2.24) is 25.0 Å². The molecule has 2 aromatic rings. The number of nitrogens with one attached hydrogen (secondary N) is 1. The predicted octanol–water partition coefficient (Wildman–Crippen LogP) is 1.57. The molecule has 118 valence electrons. The van der Waals surface area contributed by atoms with Crippen LogP contribution in [0.5, 0.6) is 0 Å². The summed E-state index contributed by atoms with van der Waals surface area (Å²) in [5.41, 5.74) is 1.44. The van der Waals surface area contributed by atoms with E-state index in [1.54, 1.807) is 12.7 Å². The van der Waals surface area contributed by atoms with E-state index in [4.69, 9.17) is 0 Å². The van der Waals surface area contributed by atoms with Gasteiger partial charge in [-0.1, -0.05) is 30.3 Å². The number of rotatable bonds is 7. The maximum atomic E-state index is 4.12. The smallest absolute Gasteiger partial charge is 0.137 e. The maximum absolute atomic E-state index is 4.12. The van der Waals surface area contributed by atoms with E-state index in [9.17, 15) is 0 Å². The first kappa shape index (κ1) is 15.2. The zero-order valence-electron chi connectivity index (χ0n) is 13.1. The zero-order valence-corrected chi connectivity index (χ0v) is 13.1. The Morgan fingerprint density at radius 3 is 2.64 bits per heavy atom. The van der Waals surface area contributed by atoms with Gasteiger partial charge in [-0.05, 0) is 37.9 Å². The molecular formula is C17H25N5. The molecule has 22 heavy (non-hydrogen) atoms. The van der Waals surface area contributed by atoms with E-state index in [1.165, 1.54) is 38.0 Å². The van der Waals surface area contributed by atoms with Crippen molar-refractivity contribution in [2.45, 2.75) is 31.8 Å². The molecule has 0 atom stereocenters. The van der Waals surface area contributed by atoms with Gasteiger partial charge >= 0.3 is 0 Å². The van der Waals surface area contributed by atoms with E-state index in [0.29, 0.717) is 6.04 Å². The standard InChI is InChI=1S/C17H25N5/c1-2-4-16(5-3-1)6-10-21-11-7-17(8-12-21)19-9-13-22-15-18-14-20-22/h1-5,14-15,17,19H,6-13H2. The Bertz CT molecular complexity index is 517. The molecule has 0 unspecified atom stereocenters. The van der Waals surface area contributed by atoms with Crippen LogP contribution in [0.4, 0.5) is 0 Å². The molecule has 0 radical (unpaired) electrons. The fraction of sp³-hybridized carbons (Fsp3) is 0.529. The molecule has 1 saturated heterocycles. The first-order chi connectivity index (χ1) is 10.9. The van der Waals surface area contributed by atoms with Gasteiger partial charge in [0.2, 0.25) is 0 Å². The third kappa shape index (κ3) is 4.64. The van der Waals surface area contributed by atoms with Crippen molar-refractivity contribution in [3.63, 3.8) is 0 Å². The second-order valence-electron chi connectivity index (χ2n) is 5.96. The third-order valence-electron chi connectivity index (χ3n) is 4.39. The Morgan fingerprint density at radius 1 is 1.09 bits per heavy atom. The minimum atomic E-state index is 0.650. The summed E-state index contributed by atoms with van der Waals surface area (Å²) >= 11 is 0. The Hall–Kier alpha value is -1.72. The number of hydrogen-bond acceptors (Lipinski definition) is 4. The minimum absolute atomic E-state index is 0.650. The summed E-state index contributed by atoms with van der Waals surface area (Å²) in [7, 11) is 0. The summed E-state index contributed by atoms with van der Waals surface area (Å²) in [6, 6.07) is 11.4. The summed E-state index contributed by atoms with van der Waals surface area (Å²) in [4.78, 5) is 6.55. The van der Waals surface area contributed by atoms with Gasteiger partial charge in [-0.3, -0.25) is 4.68 Å². The molecule has 0 spiro atoms. The van der Waals surface area contributed by atoms with Crippen LogP contribution in [0.1, 0.15) is 18.4 Å². The van der Waals surface area contributed by atoms with E-state index in [0.717, 1.165) is 19.5 Å². The molecule has 5 nitrogen and oxygen atoms in total. The Morgan fingerprint density at radius 2 is 1.91 bits per heavy atom. The lowest BCUT2D eigenvalue weighted by molar-refractivity contribution is 0.199. The second-order valence-corrected chi connectivity index (χ2v) is 5.96. The van der Waals surface area contributed by atoms with Crippen molar-refractivity contribution in [1.29, 1.82) is 0 Å². The summed E-state index contributed by atoms with van der Waals surface area (Å²) in [5.74, 6) is 0. The molecule has 0 bridgehead atoms. The number of piperidine rings is 1. The van der Waals surface area contributed by atoms with Crippen LogP contribution < -0.4 is 5.32 Å². The van der Waals surface area contributed by atoms with Crippen molar-refractivity contribution in [3.05, 3.63) is 48.5 Å². The molecule has 3 rings (SSSR count). The monoisotopic (exact) mass is 299 g/mol. The van der Waals surface area contributed by atoms with Crippen molar-refractivity contribution in [3.8, 4) is 0 Å². The second kappa shape index (κ2) is 8.06. The average molecular weight is 299 g/mol. The SMILES string of the molecule is c1ccc(CCN2CCC(NCCn3cncn3)CC2)cc1. The van der Waals surface area contributed by atoms with Crippen LogP contribution in [0, 0.1) is 0 Å². The topological polar surface area (TPSA) is 46.0 Å². The van der Waals surface area contributed by atoms with Gasteiger partial charge in [0.25, 0.3) is 0 Å². The van der Waals surface area contributed by atoms with E-state index in [-0.39, 0.29) is 0 Å². The molecule has 5 heteroatoms.